The lowest BCUT2D eigenvalue weighted by Crippen LogP contribution is -2.45. The molecule has 3 amide bonds. The highest BCUT2D eigenvalue weighted by molar-refractivity contribution is 5.98. The zero-order valence-corrected chi connectivity index (χ0v) is 23.4. The van der Waals surface area contributed by atoms with Crippen LogP contribution in [-0.4, -0.2) is 23.8 Å². The largest absolute Gasteiger partial charge is 0.489 e. The van der Waals surface area contributed by atoms with Gasteiger partial charge < -0.3 is 25.8 Å². The van der Waals surface area contributed by atoms with Crippen LogP contribution in [0.3, 0.4) is 0 Å². The molecule has 42 heavy (non-hydrogen) atoms. The fourth-order valence-electron chi connectivity index (χ4n) is 4.00. The first-order valence-electron chi connectivity index (χ1n) is 13.7. The second-order valence-electron chi connectivity index (χ2n) is 9.86. The van der Waals surface area contributed by atoms with Gasteiger partial charge >= 0.3 is 0 Å². The van der Waals surface area contributed by atoms with Crippen molar-refractivity contribution in [2.75, 3.05) is 5.32 Å². The number of benzene rings is 4. The summed E-state index contributed by atoms with van der Waals surface area (Å²) in [5.74, 6) is 0.177. The van der Waals surface area contributed by atoms with Crippen LogP contribution in [0.2, 0.25) is 0 Å². The molecule has 4 aromatic rings. The molecule has 2 atom stereocenters. The van der Waals surface area contributed by atoms with Crippen molar-refractivity contribution in [3.05, 3.63) is 127 Å². The molecule has 4 aromatic carbocycles. The Morgan fingerprint density at radius 1 is 0.762 bits per heavy atom. The van der Waals surface area contributed by atoms with Crippen molar-refractivity contribution >= 4 is 23.4 Å². The van der Waals surface area contributed by atoms with E-state index < -0.39 is 23.8 Å². The number of rotatable bonds is 14. The van der Waals surface area contributed by atoms with Crippen LogP contribution in [0, 0.1) is 12.3 Å². The zero-order chi connectivity index (χ0) is 29.7. The fourth-order valence-corrected chi connectivity index (χ4v) is 4.00. The number of primary amides is 1. The number of nitrogens with two attached hydrogens (primary N) is 1. The van der Waals surface area contributed by atoms with E-state index >= 15 is 0 Å². The Balaban J connectivity index is 1.40. The highest BCUT2D eigenvalue weighted by Gasteiger charge is 2.22. The minimum atomic E-state index is -0.881. The molecule has 1 radical (unpaired) electrons. The molecular weight excluding hydrogens is 530 g/mol. The minimum absolute atomic E-state index is 0.172. The van der Waals surface area contributed by atoms with Gasteiger partial charge in [0, 0.05) is 18.0 Å². The molecule has 0 spiro atoms. The lowest BCUT2D eigenvalue weighted by Gasteiger charge is -2.19. The normalized spacial score (nSPS) is 12.0. The van der Waals surface area contributed by atoms with E-state index in [0.29, 0.717) is 29.5 Å². The lowest BCUT2D eigenvalue weighted by molar-refractivity contribution is -0.125. The van der Waals surface area contributed by atoms with E-state index in [1.54, 1.807) is 31.2 Å². The van der Waals surface area contributed by atoms with E-state index in [2.05, 4.69) is 10.6 Å². The molecule has 4 N–H and O–H groups in total. The van der Waals surface area contributed by atoms with E-state index in [1.165, 1.54) is 6.42 Å². The van der Waals surface area contributed by atoms with Crippen molar-refractivity contribution in [1.29, 1.82) is 0 Å². The summed E-state index contributed by atoms with van der Waals surface area (Å²) in [7, 11) is 0. The van der Waals surface area contributed by atoms with Crippen LogP contribution in [0.25, 0.3) is 0 Å². The number of hydrogen-bond acceptors (Lipinski definition) is 5. The zero-order valence-electron chi connectivity index (χ0n) is 23.4. The smallest absolute Gasteiger partial charge is 0.247 e. The highest BCUT2D eigenvalue weighted by atomic mass is 16.5. The summed E-state index contributed by atoms with van der Waals surface area (Å²) in [6.07, 6.45) is 1.75. The number of para-hydroxylation sites is 1. The maximum Gasteiger partial charge on any atom is 0.247 e. The summed E-state index contributed by atoms with van der Waals surface area (Å²) in [6, 6.07) is 32.7. The second kappa shape index (κ2) is 15.0. The Hall–Kier alpha value is -5.11. The summed E-state index contributed by atoms with van der Waals surface area (Å²) < 4.78 is 11.7. The monoisotopic (exact) mass is 564 g/mol. The Morgan fingerprint density at radius 2 is 1.36 bits per heavy atom. The molecule has 0 bridgehead atoms. The molecule has 0 saturated carbocycles. The van der Waals surface area contributed by atoms with Gasteiger partial charge in [0.25, 0.3) is 0 Å². The van der Waals surface area contributed by atoms with Gasteiger partial charge in [-0.05, 0) is 66.1 Å². The molecule has 215 valence electrons. The first-order chi connectivity index (χ1) is 20.4. The molecule has 0 aromatic heterocycles. The fraction of sp³-hybridized carbons (Fsp3) is 0.176. The van der Waals surface area contributed by atoms with Crippen LogP contribution in [0.15, 0.2) is 109 Å². The summed E-state index contributed by atoms with van der Waals surface area (Å²) in [5, 5.41) is 5.64. The van der Waals surface area contributed by atoms with E-state index in [0.717, 1.165) is 11.1 Å². The molecule has 2 unspecified atom stereocenters. The lowest BCUT2D eigenvalue weighted by atomic mass is 10.0. The van der Waals surface area contributed by atoms with Gasteiger partial charge in [0.1, 0.15) is 29.9 Å². The van der Waals surface area contributed by atoms with Crippen molar-refractivity contribution in [1.82, 2.24) is 5.32 Å². The number of anilines is 1. The first kappa shape index (κ1) is 29.9. The highest BCUT2D eigenvalue weighted by Crippen LogP contribution is 2.23. The number of carbonyl (C=O) groups is 3. The van der Waals surface area contributed by atoms with Crippen LogP contribution in [0.1, 0.15) is 24.5 Å². The average molecular weight is 565 g/mol. The van der Waals surface area contributed by atoms with Crippen molar-refractivity contribution in [3.63, 3.8) is 0 Å². The van der Waals surface area contributed by atoms with E-state index in [1.807, 2.05) is 84.9 Å². The van der Waals surface area contributed by atoms with Gasteiger partial charge in [-0.3, -0.25) is 14.4 Å². The Bertz CT molecular complexity index is 1440. The van der Waals surface area contributed by atoms with Gasteiger partial charge in [-0.2, -0.15) is 0 Å². The standard InChI is InChI=1S/C34H34N3O5/c1-24(33(35)39)12-21-32(38)37-31(22-25-13-17-28(18-14-25)41-23-26-8-4-2-5-9-26)34(40)36-27-15-19-30(20-16-27)42-29-10-6-3-7-11-29/h2-11,13-21,24,31H,12,22-23H2,1H3,(H2,35,39)(H,36,40)(H,37,38). The Morgan fingerprint density at radius 3 is 2.00 bits per heavy atom. The van der Waals surface area contributed by atoms with Crippen LogP contribution >= 0.6 is 0 Å². The van der Waals surface area contributed by atoms with Crippen molar-refractivity contribution in [2.45, 2.75) is 32.4 Å². The topological polar surface area (TPSA) is 120 Å². The maximum atomic E-state index is 13.3. The van der Waals surface area contributed by atoms with Gasteiger partial charge in [0.05, 0.1) is 6.42 Å². The molecule has 4 rings (SSSR count). The summed E-state index contributed by atoms with van der Waals surface area (Å²) in [4.78, 5) is 37.4. The number of ether oxygens (including phenoxy) is 2. The van der Waals surface area contributed by atoms with Crippen LogP contribution in [0.5, 0.6) is 17.2 Å². The van der Waals surface area contributed by atoms with Crippen LogP contribution in [-0.2, 0) is 27.4 Å². The number of hydrogen-bond donors (Lipinski definition) is 3. The SMILES string of the molecule is CC(C[CH]C(=O)NC(Cc1ccc(OCc2ccccc2)cc1)C(=O)Nc1ccc(Oc2ccccc2)cc1)C(N)=O. The van der Waals surface area contributed by atoms with E-state index in [9.17, 15) is 14.4 Å². The Kier molecular flexibility index (Phi) is 10.7. The van der Waals surface area contributed by atoms with Gasteiger partial charge in [0.15, 0.2) is 0 Å². The molecule has 0 aliphatic rings. The van der Waals surface area contributed by atoms with Gasteiger partial charge in [0.2, 0.25) is 17.7 Å². The quantitative estimate of drug-likeness (QED) is 0.188. The van der Waals surface area contributed by atoms with E-state index in [-0.39, 0.29) is 18.7 Å². The minimum Gasteiger partial charge on any atom is -0.489 e. The van der Waals surface area contributed by atoms with E-state index in [4.69, 9.17) is 15.2 Å². The van der Waals surface area contributed by atoms with Crippen LogP contribution < -0.4 is 25.8 Å². The number of nitrogens with one attached hydrogen (secondary N) is 2. The molecule has 8 nitrogen and oxygen atoms in total. The molecule has 8 heteroatoms. The third-order valence-electron chi connectivity index (χ3n) is 6.49. The molecular formula is C34H34N3O5. The molecule has 0 saturated heterocycles. The number of carbonyl (C=O) groups excluding carboxylic acids is 3. The second-order valence-corrected chi connectivity index (χ2v) is 9.86. The van der Waals surface area contributed by atoms with Gasteiger partial charge in [-0.15, -0.1) is 0 Å². The third-order valence-corrected chi connectivity index (χ3v) is 6.49. The molecule has 0 aliphatic carbocycles. The van der Waals surface area contributed by atoms with Crippen LogP contribution in [0.4, 0.5) is 5.69 Å². The average Bonchev–Trinajstić information content (AvgIpc) is 3.01. The van der Waals surface area contributed by atoms with Crippen molar-refractivity contribution in [3.8, 4) is 17.2 Å². The predicted molar refractivity (Wildman–Crippen MR) is 162 cm³/mol. The summed E-state index contributed by atoms with van der Waals surface area (Å²) in [5.41, 5.74) is 7.75. The van der Waals surface area contributed by atoms with Gasteiger partial charge in [-0.1, -0.05) is 67.6 Å². The predicted octanol–water partition coefficient (Wildman–Crippen LogP) is 5.44. The Labute approximate surface area is 245 Å². The van der Waals surface area contributed by atoms with Gasteiger partial charge in [-0.25, -0.2) is 0 Å². The third kappa shape index (κ3) is 9.52. The number of amides is 3. The maximum absolute atomic E-state index is 13.3. The van der Waals surface area contributed by atoms with Crippen molar-refractivity contribution < 1.29 is 23.9 Å². The van der Waals surface area contributed by atoms with Crippen molar-refractivity contribution in [2.24, 2.45) is 11.7 Å². The molecule has 0 heterocycles. The summed E-state index contributed by atoms with van der Waals surface area (Å²) >= 11 is 0. The molecule has 0 aliphatic heterocycles. The first-order valence-corrected chi connectivity index (χ1v) is 13.7. The molecule has 0 fully saturated rings. The summed E-state index contributed by atoms with van der Waals surface area (Å²) in [6.45, 7) is 2.08.